The Morgan fingerprint density at radius 2 is 2.33 bits per heavy atom. The summed E-state index contributed by atoms with van der Waals surface area (Å²) in [7, 11) is 0. The topological polar surface area (TPSA) is 0 Å². The highest BCUT2D eigenvalue weighted by atomic mass is 32.7. The second-order valence-electron chi connectivity index (χ2n) is 1.25. The molecule has 0 aliphatic carbocycles. The van der Waals surface area contributed by atoms with E-state index in [1.54, 1.807) is 0 Å². The van der Waals surface area contributed by atoms with E-state index in [-0.39, 0.29) is 6.75 Å². The fraction of sp³-hybridized carbons (Fsp3) is 0.750. The first kappa shape index (κ1) is 6.65. The maximum absolute atomic E-state index is 4.22. The normalized spacial score (nSPS) is 15.2. The Morgan fingerprint density at radius 1 is 1.83 bits per heavy atom. The molecule has 0 aromatic carbocycles. The molecule has 0 amide bonds. The average Bonchev–Trinajstić information content (AvgIpc) is 1.35. The van der Waals surface area contributed by atoms with Crippen LogP contribution in [0.4, 0.5) is 0 Å². The summed E-state index contributed by atoms with van der Waals surface area (Å²) in [5.41, 5.74) is 0. The molecule has 0 spiro atoms. The molecule has 38 valence electrons. The SMILES string of the molecule is CC/C=[PH](\C)S. The maximum Gasteiger partial charge on any atom is -0.0370 e. The van der Waals surface area contributed by atoms with Gasteiger partial charge in [0.2, 0.25) is 0 Å². The van der Waals surface area contributed by atoms with Crippen molar-refractivity contribution in [1.29, 1.82) is 0 Å². The molecule has 0 aliphatic rings. The van der Waals surface area contributed by atoms with Gasteiger partial charge >= 0.3 is 0 Å². The average molecular weight is 122 g/mol. The molecule has 0 radical (unpaired) electrons. The van der Waals surface area contributed by atoms with Crippen molar-refractivity contribution in [3.8, 4) is 0 Å². The fourth-order valence-corrected chi connectivity index (χ4v) is 1.43. The number of hydrogen-bond donors (Lipinski definition) is 1. The van der Waals surface area contributed by atoms with Gasteiger partial charge in [0.1, 0.15) is 0 Å². The summed E-state index contributed by atoms with van der Waals surface area (Å²) in [6.45, 7) is 3.99. The molecule has 0 nitrogen and oxygen atoms in total. The summed E-state index contributed by atoms with van der Waals surface area (Å²) in [5.74, 6) is 2.26. The lowest BCUT2D eigenvalue weighted by molar-refractivity contribution is 1.35. The van der Waals surface area contributed by atoms with Gasteiger partial charge in [-0.3, -0.25) is 0 Å². The maximum atomic E-state index is 4.22. The van der Waals surface area contributed by atoms with E-state index < -0.39 is 0 Å². The number of rotatable bonds is 1. The molecule has 0 fully saturated rings. The zero-order valence-electron chi connectivity index (χ0n) is 4.23. The Balaban J connectivity index is 3.14. The summed E-state index contributed by atoms with van der Waals surface area (Å²) in [5, 5.41) is 0. The van der Waals surface area contributed by atoms with Gasteiger partial charge in [0.15, 0.2) is 0 Å². The van der Waals surface area contributed by atoms with Gasteiger partial charge in [-0.05, 0) is 13.1 Å². The molecule has 0 aromatic rings. The fourth-order valence-electron chi connectivity index (χ4n) is 0.295. The summed E-state index contributed by atoms with van der Waals surface area (Å²) in [4.78, 5) is 0. The monoisotopic (exact) mass is 122 g/mol. The Morgan fingerprint density at radius 3 is 2.33 bits per heavy atom. The van der Waals surface area contributed by atoms with Crippen molar-refractivity contribution in [2.75, 3.05) is 6.66 Å². The van der Waals surface area contributed by atoms with Crippen LogP contribution in [-0.4, -0.2) is 12.5 Å². The predicted molar refractivity (Wildman–Crippen MR) is 39.6 cm³/mol. The van der Waals surface area contributed by atoms with Gasteiger partial charge in [-0.25, -0.2) is 0 Å². The van der Waals surface area contributed by atoms with E-state index in [0.717, 1.165) is 0 Å². The van der Waals surface area contributed by atoms with Crippen LogP contribution >= 0.6 is 19.0 Å². The van der Waals surface area contributed by atoms with Gasteiger partial charge in [0, 0.05) is 0 Å². The summed E-state index contributed by atoms with van der Waals surface area (Å²) in [6.07, 6.45) is 1.17. The van der Waals surface area contributed by atoms with Gasteiger partial charge in [0.05, 0.1) is 0 Å². The molecule has 0 saturated carbocycles. The summed E-state index contributed by atoms with van der Waals surface area (Å²) >= 11 is 4.22. The number of thiol groups is 1. The first-order chi connectivity index (χ1) is 2.77. The highest BCUT2D eigenvalue weighted by molar-refractivity contribution is 8.44. The highest BCUT2D eigenvalue weighted by Gasteiger charge is 1.66. The lowest BCUT2D eigenvalue weighted by Gasteiger charge is -1.81. The Kier molecular flexibility index (Phi) is 4.24. The van der Waals surface area contributed by atoms with E-state index in [1.165, 1.54) is 6.42 Å². The third-order valence-corrected chi connectivity index (χ3v) is 2.05. The van der Waals surface area contributed by atoms with Crippen molar-refractivity contribution >= 4 is 24.8 Å². The van der Waals surface area contributed by atoms with E-state index in [4.69, 9.17) is 0 Å². The predicted octanol–water partition coefficient (Wildman–Crippen LogP) is 1.89. The largest absolute Gasteiger partial charge is 0.156 e. The zero-order valence-corrected chi connectivity index (χ0v) is 6.13. The molecule has 0 heterocycles. The van der Waals surface area contributed by atoms with Crippen molar-refractivity contribution in [3.63, 3.8) is 0 Å². The lowest BCUT2D eigenvalue weighted by Crippen LogP contribution is -1.57. The molecular weight excluding hydrogens is 111 g/mol. The molecule has 6 heavy (non-hydrogen) atoms. The summed E-state index contributed by atoms with van der Waals surface area (Å²) < 4.78 is 0. The zero-order chi connectivity index (χ0) is 4.99. The Labute approximate surface area is 45.5 Å². The van der Waals surface area contributed by atoms with Gasteiger partial charge in [-0.15, -0.1) is 0 Å². The minimum Gasteiger partial charge on any atom is -0.156 e. The van der Waals surface area contributed by atoms with Crippen LogP contribution in [0, 0.1) is 0 Å². The first-order valence-electron chi connectivity index (χ1n) is 2.13. The third kappa shape index (κ3) is 4.65. The molecule has 0 bridgehead atoms. The first-order valence-corrected chi connectivity index (χ1v) is 5.49. The molecule has 0 rings (SSSR count). The van der Waals surface area contributed by atoms with Crippen LogP contribution < -0.4 is 0 Å². The molecule has 0 saturated heterocycles. The minimum absolute atomic E-state index is 0.316. The van der Waals surface area contributed by atoms with Crippen LogP contribution in [0.5, 0.6) is 0 Å². The lowest BCUT2D eigenvalue weighted by atomic mass is 10.6. The Bertz CT molecular complexity index is 54.6. The molecule has 0 aliphatic heterocycles. The van der Waals surface area contributed by atoms with Gasteiger partial charge in [-0.2, -0.15) is 12.2 Å². The van der Waals surface area contributed by atoms with Crippen LogP contribution in [0.25, 0.3) is 0 Å². The Hall–Kier alpha value is 0.650. The number of hydrogen-bond acceptors (Lipinski definition) is 1. The highest BCUT2D eigenvalue weighted by Crippen LogP contribution is 2.20. The van der Waals surface area contributed by atoms with Crippen molar-refractivity contribution in [2.45, 2.75) is 13.3 Å². The van der Waals surface area contributed by atoms with E-state index in [0.29, 0.717) is 0 Å². The molecule has 1 atom stereocenters. The van der Waals surface area contributed by atoms with Crippen LogP contribution in [0.2, 0.25) is 0 Å². The van der Waals surface area contributed by atoms with E-state index in [2.05, 4.69) is 31.6 Å². The van der Waals surface area contributed by atoms with Gasteiger partial charge in [0.25, 0.3) is 0 Å². The molecule has 0 N–H and O–H groups in total. The van der Waals surface area contributed by atoms with Crippen LogP contribution in [0.3, 0.4) is 0 Å². The molecule has 2 heteroatoms. The van der Waals surface area contributed by atoms with E-state index >= 15 is 0 Å². The van der Waals surface area contributed by atoms with Crippen molar-refractivity contribution < 1.29 is 0 Å². The second kappa shape index (κ2) is 3.83. The van der Waals surface area contributed by atoms with E-state index in [1.807, 2.05) is 0 Å². The van der Waals surface area contributed by atoms with Crippen molar-refractivity contribution in [3.05, 3.63) is 0 Å². The molecule has 0 aromatic heterocycles. The second-order valence-corrected chi connectivity index (χ2v) is 5.06. The van der Waals surface area contributed by atoms with Crippen LogP contribution in [0.1, 0.15) is 13.3 Å². The summed E-state index contributed by atoms with van der Waals surface area (Å²) in [6, 6.07) is 0. The van der Waals surface area contributed by atoms with Gasteiger partial charge < -0.3 is 0 Å². The van der Waals surface area contributed by atoms with E-state index in [9.17, 15) is 0 Å². The van der Waals surface area contributed by atoms with Crippen LogP contribution in [0.15, 0.2) is 0 Å². The third-order valence-electron chi connectivity index (χ3n) is 0.500. The van der Waals surface area contributed by atoms with Crippen molar-refractivity contribution in [1.82, 2.24) is 0 Å². The standard InChI is InChI=1S/C4H11PS/c1-3-4-5(2)6/h4-6H,3H2,1-2H3. The van der Waals surface area contributed by atoms with Crippen molar-refractivity contribution in [2.24, 2.45) is 0 Å². The van der Waals surface area contributed by atoms with Crippen LogP contribution in [-0.2, 0) is 0 Å². The molecular formula is C4H11PS. The van der Waals surface area contributed by atoms with Gasteiger partial charge in [-0.1, -0.05) is 19.5 Å². The minimum atomic E-state index is -0.316. The smallest absolute Gasteiger partial charge is 0.0370 e. The molecule has 1 unspecified atom stereocenters. The quantitative estimate of drug-likeness (QED) is 0.398.